The van der Waals surface area contributed by atoms with E-state index >= 15 is 0 Å². The van der Waals surface area contributed by atoms with Crippen LogP contribution in [0.5, 0.6) is 11.5 Å². The van der Waals surface area contributed by atoms with E-state index in [9.17, 15) is 10.1 Å². The van der Waals surface area contributed by atoms with Crippen LogP contribution in [0.2, 0.25) is 0 Å². The number of hydrogen-bond acceptors (Lipinski definition) is 5. The number of methoxy groups -OCH3 is 1. The topological polar surface area (TPSA) is 94.1 Å². The van der Waals surface area contributed by atoms with Crippen molar-refractivity contribution in [2.24, 2.45) is 5.92 Å². The summed E-state index contributed by atoms with van der Waals surface area (Å²) in [6.45, 7) is 5.41. The lowest BCUT2D eigenvalue weighted by Gasteiger charge is -2.38. The molecule has 1 fully saturated rings. The zero-order chi connectivity index (χ0) is 27.5. The number of Topliss-reactive ketones (excluding diaryl/α,β-unsaturated/α-hetero) is 1. The summed E-state index contributed by atoms with van der Waals surface area (Å²) in [5.74, 6) is 1.77. The maximum Gasteiger partial charge on any atom is 0.161 e. The Morgan fingerprint density at radius 3 is 2.25 bits per heavy atom. The number of ether oxygens (including phenoxy) is 2. The molecular weight excluding hydrogens is 500 g/mol. The summed E-state index contributed by atoms with van der Waals surface area (Å²) in [6, 6.07) is 28.7. The van der Waals surface area contributed by atoms with E-state index < -0.39 is 5.41 Å². The molecule has 4 rings (SSSR count). The Bertz CT molecular complexity index is 1200. The number of unbranched alkanes of at least 4 members (excludes halogenated alkanes) is 2. The Balaban J connectivity index is 0.00000441. The third-order valence-corrected chi connectivity index (χ3v) is 7.87. The van der Waals surface area contributed by atoms with E-state index in [-0.39, 0.29) is 11.3 Å². The molecule has 1 aliphatic heterocycles. The van der Waals surface area contributed by atoms with Gasteiger partial charge in [-0.1, -0.05) is 60.7 Å². The van der Waals surface area contributed by atoms with Crippen molar-refractivity contribution < 1.29 is 19.7 Å². The summed E-state index contributed by atoms with van der Waals surface area (Å²) >= 11 is 0. The first kappa shape index (κ1) is 30.9. The van der Waals surface area contributed by atoms with Crippen molar-refractivity contribution in [1.82, 2.24) is 4.90 Å². The van der Waals surface area contributed by atoms with Crippen molar-refractivity contribution in [2.75, 3.05) is 33.4 Å². The van der Waals surface area contributed by atoms with Crippen molar-refractivity contribution in [2.45, 2.75) is 50.9 Å². The van der Waals surface area contributed by atoms with Crippen molar-refractivity contribution >= 4 is 5.78 Å². The number of rotatable bonds is 13. The summed E-state index contributed by atoms with van der Waals surface area (Å²) in [5.41, 5.74) is 2.17. The van der Waals surface area contributed by atoms with Crippen LogP contribution in [0.3, 0.4) is 0 Å². The number of likely N-dealkylation sites (tertiary alicyclic amines) is 1. The van der Waals surface area contributed by atoms with Crippen LogP contribution in [-0.4, -0.2) is 49.5 Å². The molecule has 1 aliphatic rings. The van der Waals surface area contributed by atoms with Crippen LogP contribution in [0, 0.1) is 17.2 Å². The van der Waals surface area contributed by atoms with Gasteiger partial charge < -0.3 is 19.8 Å². The number of hydrogen-bond donors (Lipinski definition) is 0. The highest BCUT2D eigenvalue weighted by atomic mass is 16.5. The fourth-order valence-corrected chi connectivity index (χ4v) is 5.78. The van der Waals surface area contributed by atoms with Crippen molar-refractivity contribution in [1.29, 1.82) is 5.26 Å². The van der Waals surface area contributed by atoms with Gasteiger partial charge in [-0.15, -0.1) is 0 Å². The van der Waals surface area contributed by atoms with Gasteiger partial charge in [0.2, 0.25) is 0 Å². The minimum Gasteiger partial charge on any atom is -0.493 e. The molecule has 1 heterocycles. The molecule has 40 heavy (non-hydrogen) atoms. The van der Waals surface area contributed by atoms with Gasteiger partial charge in [0.15, 0.2) is 17.3 Å². The summed E-state index contributed by atoms with van der Waals surface area (Å²) in [7, 11) is 1.60. The second-order valence-corrected chi connectivity index (χ2v) is 10.6. The van der Waals surface area contributed by atoms with E-state index in [2.05, 4.69) is 35.2 Å². The molecule has 6 nitrogen and oxygen atoms in total. The molecule has 0 aromatic heterocycles. The fraction of sp³-hybridized carbons (Fsp3) is 0.412. The Hall–Kier alpha value is -3.66. The zero-order valence-corrected chi connectivity index (χ0v) is 23.8. The molecule has 0 radical (unpaired) electrons. The Kier molecular flexibility index (Phi) is 11.7. The van der Waals surface area contributed by atoms with Gasteiger partial charge in [-0.3, -0.25) is 4.79 Å². The number of piperidine rings is 1. The van der Waals surface area contributed by atoms with Crippen LogP contribution in [0.25, 0.3) is 0 Å². The average Bonchev–Trinajstić information content (AvgIpc) is 2.98. The highest BCUT2D eigenvalue weighted by Gasteiger charge is 2.38. The molecule has 0 saturated carbocycles. The van der Waals surface area contributed by atoms with Crippen LogP contribution >= 0.6 is 0 Å². The highest BCUT2D eigenvalue weighted by Crippen LogP contribution is 2.40. The molecule has 212 valence electrons. The van der Waals surface area contributed by atoms with E-state index in [0.29, 0.717) is 29.6 Å². The SMILES string of the molecule is COc1cc(C(C)=O)ccc1OCCCCCN1CCCC(CC(C#N)(c2ccccc2)c2ccccc2)C1.O. The van der Waals surface area contributed by atoms with Gasteiger partial charge in [0, 0.05) is 12.1 Å². The van der Waals surface area contributed by atoms with E-state index in [1.165, 1.54) is 6.42 Å². The second kappa shape index (κ2) is 15.2. The molecule has 0 aliphatic carbocycles. The van der Waals surface area contributed by atoms with Crippen LogP contribution in [0.4, 0.5) is 0 Å². The fourth-order valence-electron chi connectivity index (χ4n) is 5.78. The predicted octanol–water partition coefficient (Wildman–Crippen LogP) is 6.23. The minimum atomic E-state index is -0.628. The molecule has 0 amide bonds. The third-order valence-electron chi connectivity index (χ3n) is 7.87. The Morgan fingerprint density at radius 1 is 0.975 bits per heavy atom. The van der Waals surface area contributed by atoms with Crippen LogP contribution in [0.1, 0.15) is 66.9 Å². The van der Waals surface area contributed by atoms with Crippen LogP contribution in [-0.2, 0) is 5.41 Å². The van der Waals surface area contributed by atoms with Crippen LogP contribution in [0.15, 0.2) is 78.9 Å². The summed E-state index contributed by atoms with van der Waals surface area (Å²) in [5, 5.41) is 10.6. The largest absolute Gasteiger partial charge is 0.493 e. The molecule has 0 bridgehead atoms. The zero-order valence-electron chi connectivity index (χ0n) is 23.8. The molecule has 1 saturated heterocycles. The summed E-state index contributed by atoms with van der Waals surface area (Å²) in [4.78, 5) is 14.2. The average molecular weight is 543 g/mol. The first-order chi connectivity index (χ1) is 19.1. The van der Waals surface area contributed by atoms with Gasteiger partial charge in [-0.05, 0) is 93.8 Å². The lowest BCUT2D eigenvalue weighted by Crippen LogP contribution is -2.39. The summed E-state index contributed by atoms with van der Waals surface area (Å²) < 4.78 is 11.3. The summed E-state index contributed by atoms with van der Waals surface area (Å²) in [6.07, 6.45) is 6.36. The normalized spacial score (nSPS) is 15.5. The van der Waals surface area contributed by atoms with Gasteiger partial charge >= 0.3 is 0 Å². The number of carbonyl (C=O) groups excluding carboxylic acids is 1. The van der Waals surface area contributed by atoms with Gasteiger partial charge in [-0.2, -0.15) is 5.26 Å². The van der Waals surface area contributed by atoms with Gasteiger partial charge in [0.05, 0.1) is 19.8 Å². The third kappa shape index (κ3) is 7.71. The molecular formula is C34H42N2O4. The number of nitrogens with zero attached hydrogens (tertiary/aromatic N) is 2. The molecule has 1 atom stereocenters. The number of ketones is 1. The Morgan fingerprint density at radius 2 is 1.65 bits per heavy atom. The molecule has 6 heteroatoms. The van der Waals surface area contributed by atoms with E-state index in [1.54, 1.807) is 26.2 Å². The maximum absolute atomic E-state index is 11.6. The number of nitriles is 1. The molecule has 3 aromatic rings. The lowest BCUT2D eigenvalue weighted by molar-refractivity contribution is 0.101. The highest BCUT2D eigenvalue weighted by molar-refractivity contribution is 5.94. The number of benzene rings is 3. The molecule has 1 unspecified atom stereocenters. The predicted molar refractivity (Wildman–Crippen MR) is 159 cm³/mol. The molecule has 2 N–H and O–H groups in total. The molecule has 0 spiro atoms. The second-order valence-electron chi connectivity index (χ2n) is 10.6. The lowest BCUT2D eigenvalue weighted by atomic mass is 9.69. The minimum absolute atomic E-state index is 0. The monoisotopic (exact) mass is 542 g/mol. The van der Waals surface area contributed by atoms with Gasteiger partial charge in [-0.25, -0.2) is 0 Å². The smallest absolute Gasteiger partial charge is 0.161 e. The van der Waals surface area contributed by atoms with E-state index in [4.69, 9.17) is 9.47 Å². The maximum atomic E-state index is 11.6. The quantitative estimate of drug-likeness (QED) is 0.188. The van der Waals surface area contributed by atoms with E-state index in [1.807, 2.05) is 42.5 Å². The Labute approximate surface area is 238 Å². The first-order valence-corrected chi connectivity index (χ1v) is 14.1. The van der Waals surface area contributed by atoms with Gasteiger partial charge in [0.1, 0.15) is 5.41 Å². The van der Waals surface area contributed by atoms with Gasteiger partial charge in [0.25, 0.3) is 0 Å². The first-order valence-electron chi connectivity index (χ1n) is 14.1. The van der Waals surface area contributed by atoms with Crippen molar-refractivity contribution in [3.8, 4) is 17.6 Å². The number of carbonyl (C=O) groups is 1. The van der Waals surface area contributed by atoms with Crippen LogP contribution < -0.4 is 9.47 Å². The van der Waals surface area contributed by atoms with E-state index in [0.717, 1.165) is 62.9 Å². The molecule has 3 aromatic carbocycles. The van der Waals surface area contributed by atoms with Crippen molar-refractivity contribution in [3.63, 3.8) is 0 Å². The standard InChI is InChI=1S/C34H40N2O3.H2O/c1-27(37)29-18-19-32(33(23-29)38-2)39-22-11-5-10-20-36-21-12-13-28(25-36)24-34(26-35,30-14-6-3-7-15-30)31-16-8-4-9-17-31;/h3-4,6-9,14-19,23,28H,5,10-13,20-22,24-25H2,1-2H3;1H2. The van der Waals surface area contributed by atoms with Crippen molar-refractivity contribution in [3.05, 3.63) is 95.6 Å².